The standard InChI is InChI=1S/C25H25FN6O2/c1-15-8-21(25(26)22(9-15)34-3)32(14-18-4-7-24(33)29-18)23-6-5-19-20(30-23)10-16(11-27-19)17-12-28-31(2)13-17/h5-6,8-13,18H,4,7,14H2,1-3H3,(H,29,33). The third-order valence-corrected chi connectivity index (χ3v) is 6.00. The molecule has 0 bridgehead atoms. The van der Waals surface area contributed by atoms with E-state index in [2.05, 4.69) is 15.4 Å². The van der Waals surface area contributed by atoms with Crippen molar-refractivity contribution in [1.82, 2.24) is 25.1 Å². The molecule has 1 aromatic carbocycles. The summed E-state index contributed by atoms with van der Waals surface area (Å²) in [5.41, 5.74) is 4.44. The summed E-state index contributed by atoms with van der Waals surface area (Å²) in [5, 5.41) is 7.20. The van der Waals surface area contributed by atoms with Crippen LogP contribution in [0.1, 0.15) is 18.4 Å². The van der Waals surface area contributed by atoms with E-state index >= 15 is 4.39 Å². The molecule has 1 atom stereocenters. The first kappa shape index (κ1) is 21.8. The number of carbonyl (C=O) groups is 1. The molecule has 1 amide bonds. The number of aryl methyl sites for hydroxylation is 2. The summed E-state index contributed by atoms with van der Waals surface area (Å²) in [6.07, 6.45) is 6.62. The Labute approximate surface area is 196 Å². The first-order valence-corrected chi connectivity index (χ1v) is 11.1. The minimum Gasteiger partial charge on any atom is -0.494 e. The van der Waals surface area contributed by atoms with Gasteiger partial charge in [0.15, 0.2) is 11.6 Å². The Morgan fingerprint density at radius 2 is 2.06 bits per heavy atom. The van der Waals surface area contributed by atoms with Crippen molar-refractivity contribution in [3.05, 3.63) is 60.3 Å². The summed E-state index contributed by atoms with van der Waals surface area (Å²) in [5.74, 6) is 0.257. The van der Waals surface area contributed by atoms with Crippen molar-refractivity contribution in [3.63, 3.8) is 0 Å². The van der Waals surface area contributed by atoms with Crippen LogP contribution in [0.2, 0.25) is 0 Å². The highest BCUT2D eigenvalue weighted by Gasteiger charge is 2.27. The van der Waals surface area contributed by atoms with Gasteiger partial charge in [-0.2, -0.15) is 5.10 Å². The maximum absolute atomic E-state index is 15.4. The van der Waals surface area contributed by atoms with Gasteiger partial charge in [-0.05, 0) is 49.2 Å². The number of benzene rings is 1. The van der Waals surface area contributed by atoms with Crippen molar-refractivity contribution in [2.24, 2.45) is 7.05 Å². The molecule has 1 aliphatic rings. The molecule has 4 heterocycles. The molecule has 0 radical (unpaired) electrons. The monoisotopic (exact) mass is 460 g/mol. The fourth-order valence-corrected chi connectivity index (χ4v) is 4.29. The van der Waals surface area contributed by atoms with Crippen molar-refractivity contribution >= 4 is 28.4 Å². The van der Waals surface area contributed by atoms with E-state index in [1.807, 2.05) is 38.4 Å². The number of halogens is 1. The Kier molecular flexibility index (Phi) is 5.61. The van der Waals surface area contributed by atoms with E-state index in [4.69, 9.17) is 9.72 Å². The zero-order chi connectivity index (χ0) is 23.8. The number of aromatic nitrogens is 4. The van der Waals surface area contributed by atoms with Gasteiger partial charge in [0.05, 0.1) is 30.0 Å². The molecule has 5 rings (SSSR count). The molecule has 0 saturated carbocycles. The van der Waals surface area contributed by atoms with Gasteiger partial charge in [-0.3, -0.25) is 14.5 Å². The highest BCUT2D eigenvalue weighted by Crippen LogP contribution is 2.35. The Hall–Kier alpha value is -4.01. The maximum atomic E-state index is 15.4. The number of methoxy groups -OCH3 is 1. The Balaban J connectivity index is 1.61. The summed E-state index contributed by atoms with van der Waals surface area (Å²) in [6.45, 7) is 2.27. The number of rotatable bonds is 6. The number of anilines is 2. The van der Waals surface area contributed by atoms with Gasteiger partial charge in [0.1, 0.15) is 5.82 Å². The van der Waals surface area contributed by atoms with Gasteiger partial charge >= 0.3 is 0 Å². The number of carbonyl (C=O) groups excluding carboxylic acids is 1. The van der Waals surface area contributed by atoms with Crippen LogP contribution in [-0.4, -0.2) is 45.4 Å². The topological polar surface area (TPSA) is 85.2 Å². The summed E-state index contributed by atoms with van der Waals surface area (Å²) in [4.78, 5) is 23.0. The van der Waals surface area contributed by atoms with E-state index in [-0.39, 0.29) is 17.7 Å². The molecule has 0 spiro atoms. The van der Waals surface area contributed by atoms with E-state index < -0.39 is 5.82 Å². The predicted molar refractivity (Wildman–Crippen MR) is 128 cm³/mol. The Morgan fingerprint density at radius 1 is 1.21 bits per heavy atom. The van der Waals surface area contributed by atoms with Gasteiger partial charge in [-0.1, -0.05) is 0 Å². The third kappa shape index (κ3) is 4.16. The van der Waals surface area contributed by atoms with Crippen LogP contribution in [0.15, 0.2) is 48.9 Å². The maximum Gasteiger partial charge on any atom is 0.220 e. The van der Waals surface area contributed by atoms with E-state index in [9.17, 15) is 4.79 Å². The first-order valence-electron chi connectivity index (χ1n) is 11.1. The second-order valence-electron chi connectivity index (χ2n) is 8.55. The van der Waals surface area contributed by atoms with E-state index in [0.717, 1.165) is 22.2 Å². The van der Waals surface area contributed by atoms with Gasteiger partial charge in [0.25, 0.3) is 0 Å². The molecule has 34 heavy (non-hydrogen) atoms. The fourth-order valence-electron chi connectivity index (χ4n) is 4.29. The second-order valence-corrected chi connectivity index (χ2v) is 8.55. The first-order chi connectivity index (χ1) is 16.4. The number of hydrogen-bond donors (Lipinski definition) is 1. The molecule has 1 N–H and O–H groups in total. The fraction of sp³-hybridized carbons (Fsp3) is 0.280. The third-order valence-electron chi connectivity index (χ3n) is 6.00. The van der Waals surface area contributed by atoms with E-state index in [1.54, 1.807) is 34.1 Å². The summed E-state index contributed by atoms with van der Waals surface area (Å²) in [7, 11) is 3.31. The number of nitrogens with one attached hydrogen (secondary N) is 1. The van der Waals surface area contributed by atoms with Crippen LogP contribution in [0, 0.1) is 12.7 Å². The SMILES string of the molecule is COc1cc(C)cc(N(CC2CCC(=O)N2)c2ccc3ncc(-c4cnn(C)c4)cc3n2)c1F. The molecule has 1 unspecified atom stereocenters. The van der Waals surface area contributed by atoms with Gasteiger partial charge < -0.3 is 15.0 Å². The number of fused-ring (bicyclic) bond motifs is 1. The van der Waals surface area contributed by atoms with E-state index in [0.29, 0.717) is 36.4 Å². The van der Waals surface area contributed by atoms with Crippen LogP contribution in [0.5, 0.6) is 5.75 Å². The predicted octanol–water partition coefficient (Wildman–Crippen LogP) is 3.90. The number of hydrogen-bond acceptors (Lipinski definition) is 6. The quantitative estimate of drug-likeness (QED) is 0.470. The highest BCUT2D eigenvalue weighted by molar-refractivity contribution is 5.82. The zero-order valence-electron chi connectivity index (χ0n) is 19.2. The van der Waals surface area contributed by atoms with Crippen molar-refractivity contribution in [3.8, 4) is 16.9 Å². The lowest BCUT2D eigenvalue weighted by Crippen LogP contribution is -2.37. The molecule has 174 valence electrons. The van der Waals surface area contributed by atoms with Crippen molar-refractivity contribution in [2.75, 3.05) is 18.6 Å². The van der Waals surface area contributed by atoms with Gasteiger partial charge in [0, 0.05) is 49.6 Å². The van der Waals surface area contributed by atoms with Crippen LogP contribution in [0.3, 0.4) is 0 Å². The number of pyridine rings is 2. The Bertz CT molecular complexity index is 1390. The summed E-state index contributed by atoms with van der Waals surface area (Å²) < 4.78 is 22.4. The molecule has 1 aliphatic heterocycles. The van der Waals surface area contributed by atoms with Crippen molar-refractivity contribution in [1.29, 1.82) is 0 Å². The smallest absolute Gasteiger partial charge is 0.220 e. The number of nitrogens with zero attached hydrogens (tertiary/aromatic N) is 5. The van der Waals surface area contributed by atoms with Gasteiger partial charge in [0.2, 0.25) is 5.91 Å². The van der Waals surface area contributed by atoms with Crippen LogP contribution < -0.4 is 15.0 Å². The molecule has 4 aromatic rings. The van der Waals surface area contributed by atoms with Crippen LogP contribution in [0.25, 0.3) is 22.2 Å². The number of ether oxygens (including phenoxy) is 1. The van der Waals surface area contributed by atoms with Gasteiger partial charge in [-0.15, -0.1) is 0 Å². The molecule has 1 saturated heterocycles. The van der Waals surface area contributed by atoms with Crippen molar-refractivity contribution < 1.29 is 13.9 Å². The highest BCUT2D eigenvalue weighted by atomic mass is 19.1. The molecule has 3 aromatic heterocycles. The lowest BCUT2D eigenvalue weighted by atomic mass is 10.1. The van der Waals surface area contributed by atoms with Crippen LogP contribution in [0.4, 0.5) is 15.9 Å². The average molecular weight is 461 g/mol. The molecule has 9 heteroatoms. The molecular weight excluding hydrogens is 435 g/mol. The lowest BCUT2D eigenvalue weighted by Gasteiger charge is -2.28. The normalized spacial score (nSPS) is 15.5. The second kappa shape index (κ2) is 8.74. The van der Waals surface area contributed by atoms with Crippen LogP contribution >= 0.6 is 0 Å². The molecule has 8 nitrogen and oxygen atoms in total. The average Bonchev–Trinajstić information content (AvgIpc) is 3.46. The van der Waals surface area contributed by atoms with Gasteiger partial charge in [-0.25, -0.2) is 9.37 Å². The zero-order valence-corrected chi connectivity index (χ0v) is 19.2. The number of amides is 1. The summed E-state index contributed by atoms with van der Waals surface area (Å²) in [6, 6.07) is 8.96. The molecule has 0 aliphatic carbocycles. The lowest BCUT2D eigenvalue weighted by molar-refractivity contribution is -0.119. The largest absolute Gasteiger partial charge is 0.494 e. The van der Waals surface area contributed by atoms with Crippen molar-refractivity contribution in [2.45, 2.75) is 25.8 Å². The molecule has 1 fully saturated rings. The summed E-state index contributed by atoms with van der Waals surface area (Å²) >= 11 is 0. The van der Waals surface area contributed by atoms with Crippen LogP contribution in [-0.2, 0) is 11.8 Å². The Morgan fingerprint density at radius 3 is 2.76 bits per heavy atom. The van der Waals surface area contributed by atoms with E-state index in [1.165, 1.54) is 7.11 Å². The molecular formula is C25H25FN6O2. The minimum atomic E-state index is -0.471. The minimum absolute atomic E-state index is 0.00373.